The third kappa shape index (κ3) is 6.51. The van der Waals surface area contributed by atoms with Gasteiger partial charge in [0.2, 0.25) is 0 Å². The summed E-state index contributed by atoms with van der Waals surface area (Å²) >= 11 is 1.15. The molecule has 1 aliphatic rings. The zero-order valence-corrected chi connectivity index (χ0v) is 20.2. The van der Waals surface area contributed by atoms with Crippen LogP contribution in [0.1, 0.15) is 59.1 Å². The minimum Gasteiger partial charge on any atom is -0.477 e. The van der Waals surface area contributed by atoms with Gasteiger partial charge in [0, 0.05) is 17.8 Å². The van der Waals surface area contributed by atoms with Crippen molar-refractivity contribution in [1.82, 2.24) is 4.90 Å². The summed E-state index contributed by atoms with van der Waals surface area (Å²) in [5.41, 5.74) is 1.18. The van der Waals surface area contributed by atoms with Crippen LogP contribution in [-0.2, 0) is 11.2 Å². The summed E-state index contributed by atoms with van der Waals surface area (Å²) in [5.74, 6) is -5.46. The number of hydrogen-bond donors (Lipinski definition) is 2. The number of alkyl halides is 2. The number of carboxylic acid groups (broad SMARTS) is 1. The number of halogens is 2. The number of amides is 1. The molecule has 1 aromatic carbocycles. The van der Waals surface area contributed by atoms with Gasteiger partial charge in [0.25, 0.3) is 5.91 Å². The molecule has 4 atom stereocenters. The van der Waals surface area contributed by atoms with Gasteiger partial charge in [0.1, 0.15) is 4.88 Å². The normalized spacial score (nSPS) is 20.6. The van der Waals surface area contributed by atoms with Crippen molar-refractivity contribution in [2.24, 2.45) is 5.92 Å². The average Bonchev–Trinajstić information content (AvgIpc) is 3.36. The van der Waals surface area contributed by atoms with E-state index >= 15 is 0 Å². The Balaban J connectivity index is 1.57. The highest BCUT2D eigenvalue weighted by molar-refractivity contribution is 7.13. The monoisotopic (exact) mass is 491 g/mol. The molecule has 2 heterocycles. The predicted octanol–water partition coefficient (Wildman–Crippen LogP) is 5.36. The number of aliphatic hydroxyl groups is 1. The van der Waals surface area contributed by atoms with Gasteiger partial charge < -0.3 is 15.1 Å². The van der Waals surface area contributed by atoms with Crippen LogP contribution in [0.15, 0.2) is 54.6 Å². The van der Waals surface area contributed by atoms with E-state index in [0.29, 0.717) is 12.8 Å². The van der Waals surface area contributed by atoms with Crippen LogP contribution in [0, 0.1) is 5.92 Å². The van der Waals surface area contributed by atoms with Crippen LogP contribution in [0.4, 0.5) is 8.78 Å². The molecule has 0 bridgehead atoms. The Morgan fingerprint density at radius 3 is 2.59 bits per heavy atom. The number of carbonyl (C=O) groups is 2. The van der Waals surface area contributed by atoms with Gasteiger partial charge in [-0.2, -0.15) is 8.78 Å². The minimum atomic E-state index is -3.42. The Labute approximate surface area is 202 Å². The lowest BCUT2D eigenvalue weighted by atomic mass is 9.88. The second-order valence-electron chi connectivity index (χ2n) is 9.05. The molecule has 34 heavy (non-hydrogen) atoms. The van der Waals surface area contributed by atoms with Crippen LogP contribution in [0.2, 0.25) is 0 Å². The van der Waals surface area contributed by atoms with Crippen molar-refractivity contribution < 1.29 is 28.6 Å². The number of aromatic carboxylic acids is 1. The van der Waals surface area contributed by atoms with Crippen LogP contribution in [-0.4, -0.2) is 51.6 Å². The molecule has 5 nitrogen and oxygen atoms in total. The summed E-state index contributed by atoms with van der Waals surface area (Å²) in [4.78, 5) is 25.5. The summed E-state index contributed by atoms with van der Waals surface area (Å²) in [6.45, 7) is 4.15. The van der Waals surface area contributed by atoms with Crippen molar-refractivity contribution in [3.63, 3.8) is 0 Å². The molecule has 0 spiro atoms. The van der Waals surface area contributed by atoms with E-state index in [9.17, 15) is 23.5 Å². The lowest BCUT2D eigenvalue weighted by Crippen LogP contribution is -2.37. The number of rotatable bonds is 11. The molecule has 2 N–H and O–H groups in total. The molecule has 0 aliphatic carbocycles. The maximum absolute atomic E-state index is 14.2. The van der Waals surface area contributed by atoms with E-state index in [4.69, 9.17) is 5.11 Å². The molecule has 0 saturated carbocycles. The molecule has 1 aromatic heterocycles. The first-order valence-corrected chi connectivity index (χ1v) is 12.3. The molecular weight excluding hydrogens is 460 g/mol. The molecule has 1 amide bonds. The molecule has 8 heteroatoms. The fraction of sp³-hybridized carbons (Fsp3) is 0.462. The van der Waals surface area contributed by atoms with Crippen molar-refractivity contribution in [2.45, 2.75) is 63.5 Å². The van der Waals surface area contributed by atoms with E-state index in [1.165, 1.54) is 28.7 Å². The first-order valence-electron chi connectivity index (χ1n) is 11.5. The first-order chi connectivity index (χ1) is 16.1. The number of benzene rings is 1. The smallest absolute Gasteiger partial charge is 0.345 e. The second kappa shape index (κ2) is 11.2. The fourth-order valence-corrected chi connectivity index (χ4v) is 5.25. The number of aliphatic hydroxyl groups excluding tert-OH is 1. The number of likely N-dealkylation sites (tertiary alicyclic amines) is 1. The van der Waals surface area contributed by atoms with E-state index in [1.54, 1.807) is 6.07 Å². The van der Waals surface area contributed by atoms with Crippen LogP contribution >= 0.6 is 11.3 Å². The Kier molecular flexibility index (Phi) is 8.60. The van der Waals surface area contributed by atoms with Gasteiger partial charge in [-0.05, 0) is 48.8 Å². The number of nitrogens with zero attached hydrogens (tertiary/aromatic N) is 1. The largest absolute Gasteiger partial charge is 0.477 e. The highest BCUT2D eigenvalue weighted by Crippen LogP contribution is 2.35. The fourth-order valence-electron chi connectivity index (χ4n) is 4.36. The molecule has 1 unspecified atom stereocenters. The number of carbonyl (C=O) groups excluding carboxylic acids is 1. The van der Waals surface area contributed by atoms with Gasteiger partial charge in [-0.3, -0.25) is 4.79 Å². The molecule has 2 aromatic rings. The summed E-state index contributed by atoms with van der Waals surface area (Å²) in [7, 11) is 0. The SMILES string of the molecule is CC(C[C@@H](C)[C@H](O)/C=C/[C@H]1CC(F)(F)C(=O)N1CCCc1ccc(C(=O)O)s1)c1ccccc1. The van der Waals surface area contributed by atoms with E-state index in [0.717, 1.165) is 22.6 Å². The number of aryl methyl sites for hydroxylation is 1. The van der Waals surface area contributed by atoms with Gasteiger partial charge in [0.05, 0.1) is 12.1 Å². The van der Waals surface area contributed by atoms with E-state index in [-0.39, 0.29) is 23.3 Å². The van der Waals surface area contributed by atoms with Crippen LogP contribution < -0.4 is 0 Å². The molecule has 184 valence electrons. The Morgan fingerprint density at radius 1 is 1.24 bits per heavy atom. The van der Waals surface area contributed by atoms with Crippen molar-refractivity contribution >= 4 is 23.2 Å². The van der Waals surface area contributed by atoms with Gasteiger partial charge in [0.15, 0.2) is 0 Å². The van der Waals surface area contributed by atoms with E-state index < -0.39 is 36.4 Å². The molecule has 1 aliphatic heterocycles. The maximum Gasteiger partial charge on any atom is 0.345 e. The predicted molar refractivity (Wildman–Crippen MR) is 128 cm³/mol. The van der Waals surface area contributed by atoms with Gasteiger partial charge >= 0.3 is 11.9 Å². The molecular formula is C26H31F2NO4S. The third-order valence-corrected chi connectivity index (χ3v) is 7.47. The minimum absolute atomic E-state index is 0.0835. The Morgan fingerprint density at radius 2 is 1.94 bits per heavy atom. The zero-order chi connectivity index (χ0) is 24.9. The van der Waals surface area contributed by atoms with Crippen molar-refractivity contribution in [3.8, 4) is 0 Å². The van der Waals surface area contributed by atoms with Gasteiger partial charge in [-0.25, -0.2) is 4.79 Å². The van der Waals surface area contributed by atoms with Crippen LogP contribution in [0.5, 0.6) is 0 Å². The topological polar surface area (TPSA) is 77.8 Å². The van der Waals surface area contributed by atoms with Crippen molar-refractivity contribution in [2.75, 3.05) is 6.54 Å². The highest BCUT2D eigenvalue weighted by Gasteiger charge is 2.52. The van der Waals surface area contributed by atoms with Crippen LogP contribution in [0.25, 0.3) is 0 Å². The molecule has 0 radical (unpaired) electrons. The number of thiophene rings is 1. The van der Waals surface area contributed by atoms with Gasteiger partial charge in [-0.15, -0.1) is 11.3 Å². The Bertz CT molecular complexity index is 1010. The van der Waals surface area contributed by atoms with Gasteiger partial charge in [-0.1, -0.05) is 56.3 Å². The van der Waals surface area contributed by atoms with E-state index in [1.807, 2.05) is 37.3 Å². The Hall–Kier alpha value is -2.58. The summed E-state index contributed by atoms with van der Waals surface area (Å²) < 4.78 is 28.3. The van der Waals surface area contributed by atoms with Crippen molar-refractivity contribution in [1.29, 1.82) is 0 Å². The summed E-state index contributed by atoms with van der Waals surface area (Å²) in [6.07, 6.45) is 3.33. The molecule has 1 fully saturated rings. The van der Waals surface area contributed by atoms with E-state index in [2.05, 4.69) is 6.92 Å². The second-order valence-corrected chi connectivity index (χ2v) is 10.2. The highest BCUT2D eigenvalue weighted by atomic mass is 32.1. The quantitative estimate of drug-likeness (QED) is 0.415. The summed E-state index contributed by atoms with van der Waals surface area (Å²) in [6, 6.07) is 12.4. The standard InChI is InChI=1S/C26H31F2NO4S/c1-17(19-7-4-3-5-8-19)15-18(2)22(30)12-10-20-16-26(27,28)25(33)29(20)14-6-9-21-11-13-23(34-21)24(31)32/h3-5,7-8,10-13,17-18,20,22,30H,6,9,14-16H2,1-2H3,(H,31,32)/b12-10+/t17?,18-,20+,22-/m1/s1. The number of hydrogen-bond acceptors (Lipinski definition) is 4. The summed E-state index contributed by atoms with van der Waals surface area (Å²) in [5, 5.41) is 19.6. The first kappa shape index (κ1) is 26.0. The molecule has 3 rings (SSSR count). The van der Waals surface area contributed by atoms with Crippen LogP contribution in [0.3, 0.4) is 0 Å². The lowest BCUT2D eigenvalue weighted by Gasteiger charge is -2.23. The number of carboxylic acids is 1. The third-order valence-electron chi connectivity index (χ3n) is 6.34. The van der Waals surface area contributed by atoms with Crippen molar-refractivity contribution in [3.05, 3.63) is 69.9 Å². The maximum atomic E-state index is 14.2. The molecule has 1 saturated heterocycles. The lowest BCUT2D eigenvalue weighted by molar-refractivity contribution is -0.148. The average molecular weight is 492 g/mol. The zero-order valence-electron chi connectivity index (χ0n) is 19.4.